The van der Waals surface area contributed by atoms with E-state index in [1.807, 2.05) is 42.5 Å². The van der Waals surface area contributed by atoms with Crippen LogP contribution in [0.15, 0.2) is 185 Å². The number of hydrogen-bond donors (Lipinski definition) is 0. The molecule has 0 N–H and O–H groups in total. The van der Waals surface area contributed by atoms with E-state index in [9.17, 15) is 4.11 Å². The minimum atomic E-state index is -0.944. The first kappa shape index (κ1) is 19.6. The van der Waals surface area contributed by atoms with Gasteiger partial charge in [-0.15, -0.1) is 0 Å². The third-order valence-electron chi connectivity index (χ3n) is 10.7. The lowest BCUT2D eigenvalue weighted by Gasteiger charge is -2.40. The molecule has 8 aromatic rings. The van der Waals surface area contributed by atoms with E-state index in [0.717, 1.165) is 43.2 Å². The Bertz CT molecular complexity index is 3490. The molecule has 0 radical (unpaired) electrons. The first-order valence-electron chi connectivity index (χ1n) is 23.6. The van der Waals surface area contributed by atoms with Gasteiger partial charge in [0.15, 0.2) is 0 Å². The number of rotatable bonds is 2. The summed E-state index contributed by atoms with van der Waals surface area (Å²) in [7, 11) is 0. The third-order valence-corrected chi connectivity index (χ3v) is 11.9. The van der Waals surface area contributed by atoms with Gasteiger partial charge >= 0.3 is 0 Å². The normalized spacial score (nSPS) is 17.8. The van der Waals surface area contributed by atoms with Crippen LogP contribution < -0.4 is 25.9 Å². The van der Waals surface area contributed by atoms with Crippen LogP contribution in [0, 0.1) is 0 Å². The van der Waals surface area contributed by atoms with Crippen molar-refractivity contribution in [3.63, 3.8) is 0 Å². The summed E-state index contributed by atoms with van der Waals surface area (Å²) >= 11 is 1.70. The van der Waals surface area contributed by atoms with Crippen molar-refractivity contribution < 1.29 is 27.3 Å². The zero-order chi connectivity index (χ0) is 46.0. The van der Waals surface area contributed by atoms with E-state index < -0.39 is 96.2 Å². The molecule has 4 aliphatic rings. The molecule has 12 rings (SSSR count). The zero-order valence-electron chi connectivity index (χ0n) is 40.5. The molecule has 8 aromatic carbocycles. The molecule has 1 spiro atoms. The Morgan fingerprint density at radius 2 is 1.08 bits per heavy atom. The molecule has 0 amide bonds. The fourth-order valence-corrected chi connectivity index (χ4v) is 9.86. The lowest BCUT2D eigenvalue weighted by molar-refractivity contribution is 0.465. The highest BCUT2D eigenvalue weighted by atomic mass is 32.2. The van der Waals surface area contributed by atoms with Gasteiger partial charge in [-0.1, -0.05) is 151 Å². The SMILES string of the molecule is [2H]c1c([2H])c([2H])c(-c2cc3c4c(c2)Oc2c([2H])c(-c5c([2H])c([2H])c([2H])c([2H])c5[2H])c([2H])c([2H])c2B4c2cc4c(cc2O3)-c2ccccc2C42c3ccccc3Sc3ccccc32)c([2H])c1[2H]. The summed E-state index contributed by atoms with van der Waals surface area (Å²) in [6.45, 7) is -0.944. The molecular weight excluding hydrogens is 663 g/mol. The highest BCUT2D eigenvalue weighted by Gasteiger charge is 2.52. The fourth-order valence-electron chi connectivity index (χ4n) is 8.67. The van der Waals surface area contributed by atoms with Crippen LogP contribution in [-0.4, -0.2) is 6.71 Å². The second kappa shape index (κ2) is 10.9. The van der Waals surface area contributed by atoms with Crippen molar-refractivity contribution >= 4 is 34.9 Å². The molecule has 2 nitrogen and oxygen atoms in total. The van der Waals surface area contributed by atoms with Gasteiger partial charge in [-0.05, 0) is 103 Å². The summed E-state index contributed by atoms with van der Waals surface area (Å²) in [5.41, 5.74) is 5.59. The molecule has 0 fully saturated rings. The Balaban J connectivity index is 1.19. The summed E-state index contributed by atoms with van der Waals surface area (Å²) in [6, 6.07) is 24.8. The van der Waals surface area contributed by atoms with Crippen LogP contribution >= 0.6 is 11.8 Å². The van der Waals surface area contributed by atoms with Crippen LogP contribution in [0.3, 0.4) is 0 Å². The highest BCUT2D eigenvalue weighted by Crippen LogP contribution is 2.62. The Morgan fingerprint density at radius 1 is 0.472 bits per heavy atom. The molecule has 1 aliphatic carbocycles. The molecule has 0 unspecified atom stereocenters. The van der Waals surface area contributed by atoms with E-state index in [1.54, 1.807) is 17.8 Å². The maximum atomic E-state index is 9.75. The van der Waals surface area contributed by atoms with Crippen LogP contribution in [0.5, 0.6) is 23.0 Å². The molecule has 0 bridgehead atoms. The predicted molar refractivity (Wildman–Crippen MR) is 216 cm³/mol. The molecule has 3 aliphatic heterocycles. The molecule has 0 saturated carbocycles. The molecule has 0 atom stereocenters. The van der Waals surface area contributed by atoms with Crippen molar-refractivity contribution in [2.75, 3.05) is 0 Å². The van der Waals surface area contributed by atoms with E-state index in [1.165, 1.54) is 6.07 Å². The Kier molecular flexibility index (Phi) is 4.02. The van der Waals surface area contributed by atoms with Gasteiger partial charge in [0.2, 0.25) is 0 Å². The van der Waals surface area contributed by atoms with Crippen LogP contribution in [0.4, 0.5) is 0 Å². The highest BCUT2D eigenvalue weighted by molar-refractivity contribution is 7.99. The fraction of sp³-hybridized carbons (Fsp3) is 0.0204. The van der Waals surface area contributed by atoms with Gasteiger partial charge < -0.3 is 9.47 Å². The first-order chi connectivity index (χ1) is 31.7. The van der Waals surface area contributed by atoms with Crippen LogP contribution in [-0.2, 0) is 5.41 Å². The van der Waals surface area contributed by atoms with Gasteiger partial charge in [-0.3, -0.25) is 0 Å². The Hall–Kier alpha value is -6.23. The van der Waals surface area contributed by atoms with Crippen LogP contribution in [0.1, 0.15) is 40.1 Å². The summed E-state index contributed by atoms with van der Waals surface area (Å²) in [4.78, 5) is 2.17. The minimum Gasteiger partial charge on any atom is -0.458 e. The first-order valence-corrected chi connectivity index (χ1v) is 17.9. The smallest absolute Gasteiger partial charge is 0.260 e. The van der Waals surface area contributed by atoms with Gasteiger partial charge in [0.25, 0.3) is 6.71 Å². The summed E-state index contributed by atoms with van der Waals surface area (Å²) < 4.78 is 128. The van der Waals surface area contributed by atoms with Crippen LogP contribution in [0.25, 0.3) is 33.4 Å². The van der Waals surface area contributed by atoms with Gasteiger partial charge in [-0.2, -0.15) is 0 Å². The van der Waals surface area contributed by atoms with E-state index in [0.29, 0.717) is 16.7 Å². The molecule has 53 heavy (non-hydrogen) atoms. The molecule has 246 valence electrons. The molecule has 4 heteroatoms. The second-order valence-electron chi connectivity index (χ2n) is 13.3. The van der Waals surface area contributed by atoms with E-state index >= 15 is 0 Å². The van der Waals surface area contributed by atoms with E-state index in [2.05, 4.69) is 42.5 Å². The van der Waals surface area contributed by atoms with Gasteiger partial charge in [0.05, 0.1) is 23.2 Å². The maximum absolute atomic E-state index is 9.75. The summed E-state index contributed by atoms with van der Waals surface area (Å²) in [6.07, 6.45) is 0. The largest absolute Gasteiger partial charge is 0.458 e. The lowest BCUT2D eigenvalue weighted by atomic mass is 9.34. The van der Waals surface area contributed by atoms with Crippen molar-refractivity contribution in [1.29, 1.82) is 0 Å². The third kappa shape index (κ3) is 4.02. The average molecular weight is 706 g/mol. The predicted octanol–water partition coefficient (Wildman–Crippen LogP) is 10.6. The van der Waals surface area contributed by atoms with E-state index in [-0.39, 0.29) is 39.4 Å². The monoisotopic (exact) mass is 705 g/mol. The molecular formula is C49H29BO2S. The van der Waals surface area contributed by atoms with Gasteiger partial charge in [0, 0.05) is 15.3 Å². The summed E-state index contributed by atoms with van der Waals surface area (Å²) in [5, 5.41) is 0. The van der Waals surface area contributed by atoms with Crippen LogP contribution in [0.2, 0.25) is 0 Å². The number of hydrogen-bond acceptors (Lipinski definition) is 3. The zero-order valence-corrected chi connectivity index (χ0v) is 28.4. The summed E-state index contributed by atoms with van der Waals surface area (Å²) in [5.74, 6) is 0.471. The second-order valence-corrected chi connectivity index (χ2v) is 14.4. The Labute approximate surface area is 331 Å². The lowest BCUT2D eigenvalue weighted by Crippen LogP contribution is -2.57. The number of ether oxygens (including phenoxy) is 2. The standard InChI is InChI=1S/C49H29BO2S/c1-3-13-30(14-4-1)32-23-24-40-42(25-32)51-44-26-33(31-15-5-2-6-16-31)27-45-48(44)50(40)41-29-39-35(28-43(41)52-45)34-17-7-8-18-36(34)49(39)37-19-9-11-21-46(37)53-47-22-12-10-20-38(47)49/h1-29H/i1D,2D,3D,4D,5D,6D,13D,14D,15D,16D,23D,24D,25D. The van der Waals surface area contributed by atoms with E-state index in [4.69, 9.17) is 23.2 Å². The van der Waals surface area contributed by atoms with Crippen molar-refractivity contribution in [2.24, 2.45) is 0 Å². The molecule has 3 heterocycles. The number of benzene rings is 8. The molecule has 0 saturated heterocycles. The van der Waals surface area contributed by atoms with Gasteiger partial charge in [-0.25, -0.2) is 0 Å². The Morgan fingerprint density at radius 3 is 1.77 bits per heavy atom. The maximum Gasteiger partial charge on any atom is 0.260 e. The molecule has 0 aromatic heterocycles. The topological polar surface area (TPSA) is 18.5 Å². The number of fused-ring (bicyclic) bond motifs is 13. The quantitative estimate of drug-likeness (QED) is 0.167. The van der Waals surface area contributed by atoms with Crippen molar-refractivity contribution in [1.82, 2.24) is 0 Å². The van der Waals surface area contributed by atoms with Crippen molar-refractivity contribution in [2.45, 2.75) is 15.2 Å². The van der Waals surface area contributed by atoms with Crippen molar-refractivity contribution in [3.05, 3.63) is 198 Å². The van der Waals surface area contributed by atoms with Crippen molar-refractivity contribution in [3.8, 4) is 56.4 Å². The minimum absolute atomic E-state index is 0.0818. The average Bonchev–Trinajstić information content (AvgIpc) is 3.60. The van der Waals surface area contributed by atoms with Gasteiger partial charge in [0.1, 0.15) is 23.0 Å².